The van der Waals surface area contributed by atoms with Crippen molar-refractivity contribution in [3.05, 3.63) is 48.2 Å². The highest BCUT2D eigenvalue weighted by Crippen LogP contribution is 2.27. The minimum Gasteiger partial charge on any atom is -0.469 e. The van der Waals surface area contributed by atoms with Crippen LogP contribution in [-0.2, 0) is 12.8 Å². The van der Waals surface area contributed by atoms with E-state index in [1.165, 1.54) is 7.05 Å². The second-order valence-corrected chi connectivity index (χ2v) is 4.35. The Labute approximate surface area is 128 Å². The molecule has 0 unspecified atom stereocenters. The van der Waals surface area contributed by atoms with Crippen LogP contribution in [-0.4, -0.2) is 17.0 Å². The lowest BCUT2D eigenvalue weighted by molar-refractivity contribution is 0.507. The molecule has 0 saturated carbocycles. The van der Waals surface area contributed by atoms with Crippen molar-refractivity contribution in [2.24, 2.45) is 5.73 Å². The van der Waals surface area contributed by atoms with E-state index in [-0.39, 0.29) is 5.95 Å². The molecule has 0 spiro atoms. The topological polar surface area (TPSA) is 130 Å². The summed E-state index contributed by atoms with van der Waals surface area (Å²) in [5, 5.41) is 0. The monoisotopic (exact) mass is 301 g/mol. The molecule has 0 bridgehead atoms. The van der Waals surface area contributed by atoms with Crippen molar-refractivity contribution < 1.29 is 8.83 Å². The molecule has 0 aromatic carbocycles. The molecule has 0 atom stereocenters. The zero-order valence-electron chi connectivity index (χ0n) is 12.3. The number of hydrogen-bond acceptors (Lipinski definition) is 7. The predicted octanol–water partition coefficient (Wildman–Crippen LogP) is 1.85. The highest BCUT2D eigenvalue weighted by atomic mass is 16.3. The standard InChI is InChI=1S/C14H14N4O2.CH5N/c15-12-10(6-5-9-3-1-7-19-9)17-14(16)18-13(12)11-4-2-8-20-11;1-2/h1-4,7-8H,5-6,15H2,(H2,16,17,18);2H2,1H3. The molecule has 3 heterocycles. The second kappa shape index (κ2) is 7.28. The van der Waals surface area contributed by atoms with Gasteiger partial charge in [0, 0.05) is 6.42 Å². The molecule has 3 aromatic heterocycles. The van der Waals surface area contributed by atoms with Crippen LogP contribution in [0.3, 0.4) is 0 Å². The van der Waals surface area contributed by atoms with Crippen LogP contribution in [0.25, 0.3) is 11.5 Å². The van der Waals surface area contributed by atoms with Crippen molar-refractivity contribution in [1.29, 1.82) is 0 Å². The summed E-state index contributed by atoms with van der Waals surface area (Å²) in [6.45, 7) is 0. The first-order chi connectivity index (χ1) is 10.7. The third kappa shape index (κ3) is 3.44. The first kappa shape index (κ1) is 15.6. The van der Waals surface area contributed by atoms with Gasteiger partial charge in [-0.1, -0.05) is 0 Å². The molecule has 0 radical (unpaired) electrons. The van der Waals surface area contributed by atoms with Gasteiger partial charge in [-0.25, -0.2) is 9.97 Å². The van der Waals surface area contributed by atoms with Crippen molar-refractivity contribution in [1.82, 2.24) is 9.97 Å². The average Bonchev–Trinajstić information content (AvgIpc) is 3.23. The van der Waals surface area contributed by atoms with Gasteiger partial charge in [0.05, 0.1) is 23.9 Å². The Morgan fingerprint density at radius 2 is 1.68 bits per heavy atom. The van der Waals surface area contributed by atoms with Gasteiger partial charge in [-0.3, -0.25) is 0 Å². The molecule has 3 rings (SSSR count). The van der Waals surface area contributed by atoms with E-state index in [2.05, 4.69) is 15.7 Å². The Morgan fingerprint density at radius 1 is 0.955 bits per heavy atom. The molecule has 0 fully saturated rings. The number of furan rings is 2. The summed E-state index contributed by atoms with van der Waals surface area (Å²) in [5.74, 6) is 1.64. The predicted molar refractivity (Wildman–Crippen MR) is 84.8 cm³/mol. The van der Waals surface area contributed by atoms with Crippen molar-refractivity contribution in [3.8, 4) is 11.5 Å². The third-order valence-electron chi connectivity index (χ3n) is 2.98. The number of anilines is 2. The Balaban J connectivity index is 0.000000847. The van der Waals surface area contributed by atoms with Gasteiger partial charge in [-0.05, 0) is 37.7 Å². The van der Waals surface area contributed by atoms with Gasteiger partial charge in [0.1, 0.15) is 11.5 Å². The molecular formula is C15H19N5O2. The zero-order chi connectivity index (χ0) is 15.9. The maximum Gasteiger partial charge on any atom is 0.221 e. The summed E-state index contributed by atoms with van der Waals surface area (Å²) in [6, 6.07) is 7.32. The van der Waals surface area contributed by atoms with E-state index in [0.29, 0.717) is 35.7 Å². The zero-order valence-corrected chi connectivity index (χ0v) is 12.3. The van der Waals surface area contributed by atoms with Crippen LogP contribution in [0.1, 0.15) is 11.5 Å². The molecular weight excluding hydrogens is 282 g/mol. The number of aryl methyl sites for hydroxylation is 2. The molecule has 3 aromatic rings. The van der Waals surface area contributed by atoms with Crippen LogP contribution in [0.4, 0.5) is 11.6 Å². The number of nitrogens with zero attached hydrogens (tertiary/aromatic N) is 2. The number of nitrogens with two attached hydrogens (primary N) is 3. The average molecular weight is 301 g/mol. The van der Waals surface area contributed by atoms with Crippen LogP contribution in [0.5, 0.6) is 0 Å². The van der Waals surface area contributed by atoms with E-state index in [1.54, 1.807) is 24.7 Å². The van der Waals surface area contributed by atoms with Crippen molar-refractivity contribution >= 4 is 11.6 Å². The number of nitrogen functional groups attached to an aromatic ring is 2. The fourth-order valence-corrected chi connectivity index (χ4v) is 2.02. The summed E-state index contributed by atoms with van der Waals surface area (Å²) in [7, 11) is 1.50. The highest BCUT2D eigenvalue weighted by Gasteiger charge is 2.14. The largest absolute Gasteiger partial charge is 0.469 e. The van der Waals surface area contributed by atoms with E-state index in [1.807, 2.05) is 12.1 Å². The fourth-order valence-electron chi connectivity index (χ4n) is 2.02. The molecule has 116 valence electrons. The SMILES string of the molecule is CN.Nc1nc(CCc2ccco2)c(N)c(-c2ccco2)n1. The quantitative estimate of drug-likeness (QED) is 0.670. The van der Waals surface area contributed by atoms with Crippen molar-refractivity contribution in [3.63, 3.8) is 0 Å². The van der Waals surface area contributed by atoms with Gasteiger partial charge in [0.2, 0.25) is 5.95 Å². The Bertz CT molecular complexity index is 693. The van der Waals surface area contributed by atoms with Gasteiger partial charge in [-0.15, -0.1) is 0 Å². The lowest BCUT2D eigenvalue weighted by Crippen LogP contribution is -2.07. The Kier molecular flexibility index (Phi) is 5.16. The van der Waals surface area contributed by atoms with E-state index >= 15 is 0 Å². The smallest absolute Gasteiger partial charge is 0.221 e. The van der Waals surface area contributed by atoms with Gasteiger partial charge < -0.3 is 26.0 Å². The van der Waals surface area contributed by atoms with E-state index in [4.69, 9.17) is 20.3 Å². The lowest BCUT2D eigenvalue weighted by Gasteiger charge is -2.08. The van der Waals surface area contributed by atoms with E-state index < -0.39 is 0 Å². The molecule has 22 heavy (non-hydrogen) atoms. The normalized spacial score (nSPS) is 10.1. The minimum absolute atomic E-state index is 0.181. The van der Waals surface area contributed by atoms with Crippen LogP contribution < -0.4 is 17.2 Å². The summed E-state index contributed by atoms with van der Waals surface area (Å²) in [4.78, 5) is 8.35. The van der Waals surface area contributed by atoms with Crippen molar-refractivity contribution in [2.45, 2.75) is 12.8 Å². The van der Waals surface area contributed by atoms with Crippen LogP contribution in [0.2, 0.25) is 0 Å². The number of aromatic nitrogens is 2. The summed E-state index contributed by atoms with van der Waals surface area (Å²) >= 11 is 0. The molecule has 0 aliphatic carbocycles. The van der Waals surface area contributed by atoms with Crippen LogP contribution in [0, 0.1) is 0 Å². The van der Waals surface area contributed by atoms with Gasteiger partial charge in [0.15, 0.2) is 5.76 Å². The van der Waals surface area contributed by atoms with Crippen LogP contribution in [0.15, 0.2) is 45.6 Å². The first-order valence-electron chi connectivity index (χ1n) is 6.80. The maximum absolute atomic E-state index is 6.11. The van der Waals surface area contributed by atoms with Gasteiger partial charge >= 0.3 is 0 Å². The third-order valence-corrected chi connectivity index (χ3v) is 2.98. The first-order valence-corrected chi connectivity index (χ1v) is 6.80. The molecule has 0 amide bonds. The molecule has 7 heteroatoms. The lowest BCUT2D eigenvalue weighted by atomic mass is 10.1. The second-order valence-electron chi connectivity index (χ2n) is 4.35. The fraction of sp³-hybridized carbons (Fsp3) is 0.200. The minimum atomic E-state index is 0.181. The van der Waals surface area contributed by atoms with E-state index in [0.717, 1.165) is 5.76 Å². The van der Waals surface area contributed by atoms with Gasteiger partial charge in [0.25, 0.3) is 0 Å². The molecule has 0 aliphatic rings. The number of rotatable bonds is 4. The molecule has 7 nitrogen and oxygen atoms in total. The molecule has 0 saturated heterocycles. The van der Waals surface area contributed by atoms with Crippen LogP contribution >= 0.6 is 0 Å². The molecule has 0 aliphatic heterocycles. The highest BCUT2D eigenvalue weighted by molar-refractivity contribution is 5.71. The number of hydrogen-bond donors (Lipinski definition) is 3. The molecule has 6 N–H and O–H groups in total. The maximum atomic E-state index is 6.11. The summed E-state index contributed by atoms with van der Waals surface area (Å²) < 4.78 is 10.6. The van der Waals surface area contributed by atoms with E-state index in [9.17, 15) is 0 Å². The summed E-state index contributed by atoms with van der Waals surface area (Å²) in [6.07, 6.45) is 4.53. The summed E-state index contributed by atoms with van der Waals surface area (Å²) in [5.41, 5.74) is 18.1. The van der Waals surface area contributed by atoms with Crippen molar-refractivity contribution in [2.75, 3.05) is 18.5 Å². The Hall–Kier alpha value is -2.80. The Morgan fingerprint density at radius 3 is 2.32 bits per heavy atom. The van der Waals surface area contributed by atoms with Gasteiger partial charge in [-0.2, -0.15) is 0 Å².